The standard InChI is InChI=1S/C24H30FN3O/c1-6-11-28-22-13-19(25)8-10-21(22)26-23(28)15-27(14-16(2)3)24(29)20-9-7-17(4)12-18(20)5/h7-10,12-13,16H,6,11,14-15H2,1-5H3. The van der Waals surface area contributed by atoms with Crippen LogP contribution >= 0.6 is 0 Å². The Morgan fingerprint density at radius 3 is 2.59 bits per heavy atom. The maximum Gasteiger partial charge on any atom is 0.254 e. The molecule has 154 valence electrons. The molecule has 2 aromatic carbocycles. The molecule has 29 heavy (non-hydrogen) atoms. The average molecular weight is 396 g/mol. The van der Waals surface area contributed by atoms with Gasteiger partial charge in [-0.15, -0.1) is 0 Å². The quantitative estimate of drug-likeness (QED) is 0.530. The molecule has 1 amide bonds. The monoisotopic (exact) mass is 395 g/mol. The van der Waals surface area contributed by atoms with E-state index in [1.165, 1.54) is 12.1 Å². The van der Waals surface area contributed by atoms with Crippen molar-refractivity contribution in [2.24, 2.45) is 5.92 Å². The van der Waals surface area contributed by atoms with Gasteiger partial charge in [0.2, 0.25) is 0 Å². The maximum atomic E-state index is 13.8. The van der Waals surface area contributed by atoms with Gasteiger partial charge in [-0.05, 0) is 56.0 Å². The Labute approximate surface area is 172 Å². The smallest absolute Gasteiger partial charge is 0.254 e. The summed E-state index contributed by atoms with van der Waals surface area (Å²) in [5, 5.41) is 0. The van der Waals surface area contributed by atoms with E-state index in [9.17, 15) is 9.18 Å². The van der Waals surface area contributed by atoms with E-state index in [0.29, 0.717) is 19.0 Å². The van der Waals surface area contributed by atoms with Crippen molar-refractivity contribution in [1.29, 1.82) is 0 Å². The van der Waals surface area contributed by atoms with Gasteiger partial charge in [-0.25, -0.2) is 9.37 Å². The van der Waals surface area contributed by atoms with Crippen LogP contribution in [0.4, 0.5) is 4.39 Å². The first kappa shape index (κ1) is 21.0. The minimum Gasteiger partial charge on any atom is -0.331 e. The number of carbonyl (C=O) groups excluding carboxylic acids is 1. The van der Waals surface area contributed by atoms with Crippen molar-refractivity contribution in [3.8, 4) is 0 Å². The highest BCUT2D eigenvalue weighted by Crippen LogP contribution is 2.21. The number of carbonyl (C=O) groups is 1. The molecule has 0 spiro atoms. The van der Waals surface area contributed by atoms with Crippen LogP contribution in [0.25, 0.3) is 11.0 Å². The largest absolute Gasteiger partial charge is 0.331 e. The van der Waals surface area contributed by atoms with Crippen LogP contribution in [0.1, 0.15) is 54.5 Å². The second kappa shape index (κ2) is 8.76. The molecular formula is C24H30FN3O. The number of nitrogens with zero attached hydrogens (tertiary/aromatic N) is 3. The van der Waals surface area contributed by atoms with E-state index in [4.69, 9.17) is 4.98 Å². The SMILES string of the molecule is CCCn1c(CN(CC(C)C)C(=O)c2ccc(C)cc2C)nc2ccc(F)cc21. The van der Waals surface area contributed by atoms with Gasteiger partial charge in [0.25, 0.3) is 5.91 Å². The number of rotatable bonds is 7. The third-order valence-corrected chi connectivity index (χ3v) is 5.05. The molecule has 0 aliphatic heterocycles. The number of benzene rings is 2. The van der Waals surface area contributed by atoms with Crippen molar-refractivity contribution in [3.05, 3.63) is 64.7 Å². The maximum absolute atomic E-state index is 13.8. The summed E-state index contributed by atoms with van der Waals surface area (Å²) in [7, 11) is 0. The lowest BCUT2D eigenvalue weighted by Crippen LogP contribution is -2.35. The summed E-state index contributed by atoms with van der Waals surface area (Å²) < 4.78 is 15.9. The molecule has 0 saturated heterocycles. The molecule has 3 aromatic rings. The Bertz CT molecular complexity index is 1020. The predicted molar refractivity (Wildman–Crippen MR) is 115 cm³/mol. The lowest BCUT2D eigenvalue weighted by atomic mass is 10.0. The summed E-state index contributed by atoms with van der Waals surface area (Å²) in [6.07, 6.45) is 0.907. The molecule has 0 unspecified atom stereocenters. The fourth-order valence-electron chi connectivity index (χ4n) is 3.79. The second-order valence-electron chi connectivity index (χ2n) is 8.21. The number of aryl methyl sites for hydroxylation is 3. The van der Waals surface area contributed by atoms with Gasteiger partial charge < -0.3 is 9.47 Å². The first-order valence-electron chi connectivity index (χ1n) is 10.3. The Morgan fingerprint density at radius 1 is 1.17 bits per heavy atom. The molecule has 0 radical (unpaired) electrons. The summed E-state index contributed by atoms with van der Waals surface area (Å²) in [5.74, 6) is 0.863. The highest BCUT2D eigenvalue weighted by atomic mass is 19.1. The van der Waals surface area contributed by atoms with Gasteiger partial charge in [0, 0.05) is 18.7 Å². The summed E-state index contributed by atoms with van der Waals surface area (Å²) >= 11 is 0. The highest BCUT2D eigenvalue weighted by Gasteiger charge is 2.22. The number of hydrogen-bond acceptors (Lipinski definition) is 2. The van der Waals surface area contributed by atoms with Crippen molar-refractivity contribution in [3.63, 3.8) is 0 Å². The number of imidazole rings is 1. The van der Waals surface area contributed by atoms with E-state index < -0.39 is 0 Å². The number of aromatic nitrogens is 2. The van der Waals surface area contributed by atoms with Gasteiger partial charge in [0.1, 0.15) is 11.6 Å². The zero-order chi connectivity index (χ0) is 21.1. The predicted octanol–water partition coefficient (Wildman–Crippen LogP) is 5.50. The number of halogens is 1. The van der Waals surface area contributed by atoms with Gasteiger partial charge in [-0.3, -0.25) is 4.79 Å². The van der Waals surface area contributed by atoms with E-state index in [1.807, 2.05) is 41.5 Å². The van der Waals surface area contributed by atoms with Gasteiger partial charge in [0.15, 0.2) is 0 Å². The molecule has 0 N–H and O–H groups in total. The lowest BCUT2D eigenvalue weighted by molar-refractivity contribution is 0.0715. The number of hydrogen-bond donors (Lipinski definition) is 0. The zero-order valence-corrected chi connectivity index (χ0v) is 18.0. The van der Waals surface area contributed by atoms with Gasteiger partial charge in [-0.1, -0.05) is 38.5 Å². The number of amides is 1. The Morgan fingerprint density at radius 2 is 1.93 bits per heavy atom. The van der Waals surface area contributed by atoms with Crippen molar-refractivity contribution in [2.75, 3.05) is 6.54 Å². The number of fused-ring (bicyclic) bond motifs is 1. The Kier molecular flexibility index (Phi) is 6.36. The summed E-state index contributed by atoms with van der Waals surface area (Å²) in [6, 6.07) is 10.6. The Hall–Kier alpha value is -2.69. The van der Waals surface area contributed by atoms with Crippen LogP contribution in [-0.4, -0.2) is 26.9 Å². The van der Waals surface area contributed by atoms with Crippen molar-refractivity contribution in [2.45, 2.75) is 54.1 Å². The van der Waals surface area contributed by atoms with E-state index in [0.717, 1.165) is 46.5 Å². The molecular weight excluding hydrogens is 365 g/mol. The van der Waals surface area contributed by atoms with Crippen molar-refractivity contribution < 1.29 is 9.18 Å². The fraction of sp³-hybridized carbons (Fsp3) is 0.417. The van der Waals surface area contributed by atoms with Gasteiger partial charge in [-0.2, -0.15) is 0 Å². The first-order chi connectivity index (χ1) is 13.8. The molecule has 4 nitrogen and oxygen atoms in total. The molecule has 0 saturated carbocycles. The lowest BCUT2D eigenvalue weighted by Gasteiger charge is -2.25. The zero-order valence-electron chi connectivity index (χ0n) is 18.0. The molecule has 0 aliphatic rings. The fourth-order valence-corrected chi connectivity index (χ4v) is 3.79. The minimum absolute atomic E-state index is 0.0116. The molecule has 3 rings (SSSR count). The third kappa shape index (κ3) is 4.66. The third-order valence-electron chi connectivity index (χ3n) is 5.05. The highest BCUT2D eigenvalue weighted by molar-refractivity contribution is 5.95. The normalized spacial score (nSPS) is 11.4. The Balaban J connectivity index is 2.00. The summed E-state index contributed by atoms with van der Waals surface area (Å²) in [5.41, 5.74) is 4.39. The van der Waals surface area contributed by atoms with Crippen LogP contribution in [0.2, 0.25) is 0 Å². The minimum atomic E-state index is -0.272. The first-order valence-corrected chi connectivity index (χ1v) is 10.3. The summed E-state index contributed by atoms with van der Waals surface area (Å²) in [6.45, 7) is 12.1. The van der Waals surface area contributed by atoms with Crippen LogP contribution in [-0.2, 0) is 13.1 Å². The molecule has 0 atom stereocenters. The van der Waals surface area contributed by atoms with Crippen LogP contribution < -0.4 is 0 Å². The molecule has 5 heteroatoms. The van der Waals surface area contributed by atoms with E-state index >= 15 is 0 Å². The molecule has 0 fully saturated rings. The van der Waals surface area contributed by atoms with Gasteiger partial charge >= 0.3 is 0 Å². The summed E-state index contributed by atoms with van der Waals surface area (Å²) in [4.78, 5) is 20.0. The average Bonchev–Trinajstić information content (AvgIpc) is 2.97. The molecule has 1 heterocycles. The van der Waals surface area contributed by atoms with Crippen LogP contribution in [0, 0.1) is 25.6 Å². The van der Waals surface area contributed by atoms with Gasteiger partial charge in [0.05, 0.1) is 17.6 Å². The molecule has 0 aliphatic carbocycles. The van der Waals surface area contributed by atoms with E-state index in [-0.39, 0.29) is 11.7 Å². The van der Waals surface area contributed by atoms with Crippen LogP contribution in [0.5, 0.6) is 0 Å². The van der Waals surface area contributed by atoms with Crippen molar-refractivity contribution >= 4 is 16.9 Å². The second-order valence-corrected chi connectivity index (χ2v) is 8.21. The van der Waals surface area contributed by atoms with E-state index in [2.05, 4.69) is 20.8 Å². The van der Waals surface area contributed by atoms with Crippen LogP contribution in [0.3, 0.4) is 0 Å². The molecule has 1 aromatic heterocycles. The van der Waals surface area contributed by atoms with E-state index in [1.54, 1.807) is 6.07 Å². The van der Waals surface area contributed by atoms with Crippen molar-refractivity contribution in [1.82, 2.24) is 14.5 Å². The van der Waals surface area contributed by atoms with Crippen LogP contribution in [0.15, 0.2) is 36.4 Å². The topological polar surface area (TPSA) is 38.1 Å². The molecule has 0 bridgehead atoms.